The van der Waals surface area contributed by atoms with Crippen molar-refractivity contribution in [1.82, 2.24) is 10.3 Å². The number of carbonyl (C=O) groups excluding carboxylic acids is 1. The molecule has 0 aliphatic carbocycles. The average molecular weight is 269 g/mol. The Bertz CT molecular complexity index is 427. The van der Waals surface area contributed by atoms with Gasteiger partial charge in [0.25, 0.3) is 5.91 Å². The van der Waals surface area contributed by atoms with Crippen LogP contribution >= 0.6 is 11.3 Å². The Morgan fingerprint density at radius 1 is 1.67 bits per heavy atom. The first-order valence-electron chi connectivity index (χ1n) is 6.08. The van der Waals surface area contributed by atoms with Gasteiger partial charge in [0.05, 0.1) is 11.3 Å². The Kier molecular flexibility index (Phi) is 3.99. The normalized spacial score (nSPS) is 17.6. The molecular formula is C12H19N3O2S. The van der Waals surface area contributed by atoms with Crippen LogP contribution in [0.5, 0.6) is 0 Å². The fourth-order valence-corrected chi connectivity index (χ4v) is 2.47. The molecular weight excluding hydrogens is 250 g/mol. The van der Waals surface area contributed by atoms with Gasteiger partial charge < -0.3 is 10.1 Å². The van der Waals surface area contributed by atoms with Gasteiger partial charge in [0, 0.05) is 18.5 Å². The fourth-order valence-electron chi connectivity index (χ4n) is 1.58. The SMILES string of the molecule is CC(C)c1csc(NC(=O)COC2(C)CNC2)n1. The summed E-state index contributed by atoms with van der Waals surface area (Å²) in [6, 6.07) is 0. The predicted molar refractivity (Wildman–Crippen MR) is 72.1 cm³/mol. The quantitative estimate of drug-likeness (QED) is 0.852. The molecule has 0 saturated carbocycles. The number of thiazole rings is 1. The molecule has 0 aromatic carbocycles. The predicted octanol–water partition coefficient (Wildman–Crippen LogP) is 1.58. The van der Waals surface area contributed by atoms with Crippen LogP contribution in [-0.4, -0.2) is 36.2 Å². The summed E-state index contributed by atoms with van der Waals surface area (Å²) in [6.07, 6.45) is 0. The van der Waals surface area contributed by atoms with Crippen LogP contribution in [0, 0.1) is 0 Å². The first kappa shape index (κ1) is 13.5. The molecule has 1 amide bonds. The molecule has 0 spiro atoms. The van der Waals surface area contributed by atoms with E-state index in [0.717, 1.165) is 18.8 Å². The average Bonchev–Trinajstić information content (AvgIpc) is 2.72. The van der Waals surface area contributed by atoms with E-state index < -0.39 is 0 Å². The van der Waals surface area contributed by atoms with Crippen LogP contribution in [0.2, 0.25) is 0 Å². The second-order valence-electron chi connectivity index (χ2n) is 5.12. The molecule has 2 N–H and O–H groups in total. The second-order valence-corrected chi connectivity index (χ2v) is 5.98. The lowest BCUT2D eigenvalue weighted by Gasteiger charge is -2.38. The minimum atomic E-state index is -0.191. The molecule has 1 fully saturated rings. The van der Waals surface area contributed by atoms with Gasteiger partial charge in [0.15, 0.2) is 5.13 Å². The van der Waals surface area contributed by atoms with E-state index in [9.17, 15) is 4.79 Å². The van der Waals surface area contributed by atoms with Gasteiger partial charge in [-0.15, -0.1) is 11.3 Å². The smallest absolute Gasteiger partial charge is 0.252 e. The number of rotatable bonds is 5. The summed E-state index contributed by atoms with van der Waals surface area (Å²) in [5, 5.41) is 8.50. The monoisotopic (exact) mass is 269 g/mol. The van der Waals surface area contributed by atoms with Crippen LogP contribution in [0.15, 0.2) is 5.38 Å². The second kappa shape index (κ2) is 5.34. The van der Waals surface area contributed by atoms with Crippen LogP contribution in [0.3, 0.4) is 0 Å². The topological polar surface area (TPSA) is 63.2 Å². The Balaban J connectivity index is 1.79. The molecule has 2 heterocycles. The van der Waals surface area contributed by atoms with Crippen molar-refractivity contribution in [3.63, 3.8) is 0 Å². The molecule has 1 aliphatic heterocycles. The van der Waals surface area contributed by atoms with E-state index in [0.29, 0.717) is 11.0 Å². The number of amides is 1. The third kappa shape index (κ3) is 3.28. The van der Waals surface area contributed by atoms with Gasteiger partial charge in [-0.25, -0.2) is 4.98 Å². The van der Waals surface area contributed by atoms with Crippen LogP contribution in [0.1, 0.15) is 32.4 Å². The zero-order valence-electron chi connectivity index (χ0n) is 10.9. The van der Waals surface area contributed by atoms with Gasteiger partial charge in [-0.05, 0) is 12.8 Å². The highest BCUT2D eigenvalue weighted by Gasteiger charge is 2.33. The molecule has 0 atom stereocenters. The number of anilines is 1. The van der Waals surface area contributed by atoms with Crippen LogP contribution < -0.4 is 10.6 Å². The number of nitrogens with one attached hydrogen (secondary N) is 2. The lowest BCUT2D eigenvalue weighted by atomic mass is 10.0. The zero-order valence-corrected chi connectivity index (χ0v) is 11.8. The van der Waals surface area contributed by atoms with Crippen LogP contribution in [0.25, 0.3) is 0 Å². The van der Waals surface area contributed by atoms with Crippen molar-refractivity contribution in [2.45, 2.75) is 32.3 Å². The Morgan fingerprint density at radius 3 is 2.89 bits per heavy atom. The minimum absolute atomic E-state index is 0.0781. The highest BCUT2D eigenvalue weighted by Crippen LogP contribution is 2.21. The molecule has 1 aliphatic rings. The molecule has 1 aromatic rings. The summed E-state index contributed by atoms with van der Waals surface area (Å²) < 4.78 is 5.56. The summed E-state index contributed by atoms with van der Waals surface area (Å²) in [4.78, 5) is 16.0. The molecule has 0 radical (unpaired) electrons. The summed E-state index contributed by atoms with van der Waals surface area (Å²) in [6.45, 7) is 7.83. The van der Waals surface area contributed by atoms with E-state index in [1.54, 1.807) is 0 Å². The van der Waals surface area contributed by atoms with Crippen molar-refractivity contribution in [2.75, 3.05) is 25.0 Å². The highest BCUT2D eigenvalue weighted by atomic mass is 32.1. The van der Waals surface area contributed by atoms with E-state index in [1.165, 1.54) is 11.3 Å². The van der Waals surface area contributed by atoms with E-state index in [1.807, 2.05) is 12.3 Å². The maximum Gasteiger partial charge on any atom is 0.252 e. The van der Waals surface area contributed by atoms with E-state index in [4.69, 9.17) is 4.74 Å². The molecule has 0 unspecified atom stereocenters. The maximum atomic E-state index is 11.7. The van der Waals surface area contributed by atoms with Crippen molar-refractivity contribution in [2.24, 2.45) is 0 Å². The summed E-state index contributed by atoms with van der Waals surface area (Å²) >= 11 is 1.45. The first-order valence-corrected chi connectivity index (χ1v) is 6.96. The lowest BCUT2D eigenvalue weighted by molar-refractivity contribution is -0.130. The summed E-state index contributed by atoms with van der Waals surface area (Å²) in [7, 11) is 0. The molecule has 100 valence electrons. The number of ether oxygens (including phenoxy) is 1. The molecule has 2 rings (SSSR count). The zero-order chi connectivity index (χ0) is 13.2. The van der Waals surface area contributed by atoms with Crippen molar-refractivity contribution in [3.8, 4) is 0 Å². The van der Waals surface area contributed by atoms with Crippen LogP contribution in [0.4, 0.5) is 5.13 Å². The van der Waals surface area contributed by atoms with Gasteiger partial charge in [-0.3, -0.25) is 10.1 Å². The molecule has 0 bridgehead atoms. The van der Waals surface area contributed by atoms with E-state index in [-0.39, 0.29) is 18.1 Å². The number of aromatic nitrogens is 1. The molecule has 6 heteroatoms. The molecule has 1 aromatic heterocycles. The first-order chi connectivity index (χ1) is 8.48. The Labute approximate surface area is 111 Å². The number of hydrogen-bond donors (Lipinski definition) is 2. The van der Waals surface area contributed by atoms with Gasteiger partial charge >= 0.3 is 0 Å². The van der Waals surface area contributed by atoms with Crippen molar-refractivity contribution in [3.05, 3.63) is 11.1 Å². The van der Waals surface area contributed by atoms with Crippen molar-refractivity contribution in [1.29, 1.82) is 0 Å². The van der Waals surface area contributed by atoms with E-state index in [2.05, 4.69) is 29.5 Å². The Morgan fingerprint density at radius 2 is 2.39 bits per heavy atom. The molecule has 18 heavy (non-hydrogen) atoms. The molecule has 1 saturated heterocycles. The lowest BCUT2D eigenvalue weighted by Crippen LogP contribution is -2.59. The largest absolute Gasteiger partial charge is 0.363 e. The summed E-state index contributed by atoms with van der Waals surface area (Å²) in [5.41, 5.74) is 0.815. The van der Waals surface area contributed by atoms with Gasteiger partial charge in [-0.2, -0.15) is 0 Å². The van der Waals surface area contributed by atoms with Crippen molar-refractivity contribution >= 4 is 22.4 Å². The highest BCUT2D eigenvalue weighted by molar-refractivity contribution is 7.13. The minimum Gasteiger partial charge on any atom is -0.363 e. The third-order valence-corrected chi connectivity index (χ3v) is 3.69. The van der Waals surface area contributed by atoms with Crippen molar-refractivity contribution < 1.29 is 9.53 Å². The third-order valence-electron chi connectivity index (χ3n) is 2.91. The number of hydrogen-bond acceptors (Lipinski definition) is 5. The van der Waals surface area contributed by atoms with Gasteiger partial charge in [0.2, 0.25) is 0 Å². The maximum absolute atomic E-state index is 11.7. The summed E-state index contributed by atoms with van der Waals surface area (Å²) in [5.74, 6) is 0.232. The molecule has 5 nitrogen and oxygen atoms in total. The standard InChI is InChI=1S/C12H19N3O2S/c1-8(2)9-5-18-11(14-9)15-10(16)4-17-12(3)6-13-7-12/h5,8,13H,4,6-7H2,1-3H3,(H,14,15,16). The van der Waals surface area contributed by atoms with Crippen LogP contribution in [-0.2, 0) is 9.53 Å². The number of carbonyl (C=O) groups is 1. The van der Waals surface area contributed by atoms with Gasteiger partial charge in [-0.1, -0.05) is 13.8 Å². The Hall–Kier alpha value is -0.980. The number of nitrogens with zero attached hydrogens (tertiary/aromatic N) is 1. The fraction of sp³-hybridized carbons (Fsp3) is 0.667. The van der Waals surface area contributed by atoms with Gasteiger partial charge in [0.1, 0.15) is 6.61 Å². The van der Waals surface area contributed by atoms with E-state index >= 15 is 0 Å².